The Labute approximate surface area is 150 Å². The van der Waals surface area contributed by atoms with Crippen LogP contribution in [0.1, 0.15) is 18.1 Å². The molecule has 0 saturated carbocycles. The minimum absolute atomic E-state index is 0.0697. The van der Waals surface area contributed by atoms with E-state index in [1.807, 2.05) is 44.2 Å². The van der Waals surface area contributed by atoms with Gasteiger partial charge in [-0.2, -0.15) is 0 Å². The van der Waals surface area contributed by atoms with E-state index in [9.17, 15) is 9.59 Å². The molecule has 1 N–H and O–H groups in total. The minimum Gasteiger partial charge on any atom is -0.497 e. The Morgan fingerprint density at radius 3 is 2.56 bits per heavy atom. The van der Waals surface area contributed by atoms with Crippen molar-refractivity contribution in [3.8, 4) is 5.75 Å². The van der Waals surface area contributed by atoms with Crippen molar-refractivity contribution in [3.05, 3.63) is 53.6 Å². The van der Waals surface area contributed by atoms with E-state index in [0.717, 1.165) is 16.8 Å². The monoisotopic (exact) mass is 354 g/mol. The molecule has 1 fully saturated rings. The summed E-state index contributed by atoms with van der Waals surface area (Å²) in [7, 11) is 1.60. The van der Waals surface area contributed by atoms with Crippen LogP contribution in [-0.4, -0.2) is 24.2 Å². The Morgan fingerprint density at radius 2 is 1.88 bits per heavy atom. The largest absolute Gasteiger partial charge is 0.497 e. The first-order valence-electron chi connectivity index (χ1n) is 8.06. The third-order valence-corrected chi connectivity index (χ3v) is 6.14. The van der Waals surface area contributed by atoms with E-state index in [2.05, 4.69) is 5.32 Å². The highest BCUT2D eigenvalue weighted by Gasteiger charge is 2.60. The second-order valence-electron chi connectivity index (χ2n) is 6.28. The summed E-state index contributed by atoms with van der Waals surface area (Å²) in [5.41, 5.74) is 3.35. The lowest BCUT2D eigenvalue weighted by molar-refractivity contribution is -0.122. The number of hydrogen-bond donors (Lipinski definition) is 1. The number of nitrogens with zero attached hydrogens (tertiary/aromatic N) is 1. The van der Waals surface area contributed by atoms with E-state index in [-0.39, 0.29) is 17.1 Å². The third-order valence-electron chi connectivity index (χ3n) is 4.66. The van der Waals surface area contributed by atoms with Crippen molar-refractivity contribution in [3.63, 3.8) is 0 Å². The number of rotatable bonds is 2. The van der Waals surface area contributed by atoms with Crippen LogP contribution in [0.2, 0.25) is 0 Å². The number of thioether (sulfide) groups is 1. The van der Waals surface area contributed by atoms with Gasteiger partial charge in [-0.25, -0.2) is 0 Å². The molecule has 0 bridgehead atoms. The number of aryl methyl sites for hydroxylation is 1. The summed E-state index contributed by atoms with van der Waals surface area (Å²) < 4.78 is 5.20. The normalized spacial score (nSPS) is 24.6. The lowest BCUT2D eigenvalue weighted by Crippen LogP contribution is -2.47. The number of hydrogen-bond acceptors (Lipinski definition) is 4. The smallest absolute Gasteiger partial charge is 0.266 e. The van der Waals surface area contributed by atoms with Gasteiger partial charge in [0.25, 0.3) is 5.91 Å². The predicted octanol–water partition coefficient (Wildman–Crippen LogP) is 3.28. The molecule has 2 unspecified atom stereocenters. The molecule has 2 atom stereocenters. The molecule has 2 aromatic carbocycles. The summed E-state index contributed by atoms with van der Waals surface area (Å²) in [5.74, 6) is 0.462. The highest BCUT2D eigenvalue weighted by Crippen LogP contribution is 2.56. The van der Waals surface area contributed by atoms with Crippen molar-refractivity contribution in [1.82, 2.24) is 0 Å². The average molecular weight is 354 g/mol. The SMILES string of the molecule is COc1ccc(N2C(=O)C(C)SC23C(=O)Nc2ccc(C)cc23)cc1. The molecule has 1 saturated heterocycles. The topological polar surface area (TPSA) is 58.6 Å². The Balaban J connectivity index is 1.91. The molecule has 6 heteroatoms. The molecule has 2 amide bonds. The molecular formula is C19H18N2O3S. The predicted molar refractivity (Wildman–Crippen MR) is 99.0 cm³/mol. The van der Waals surface area contributed by atoms with Crippen LogP contribution in [0.25, 0.3) is 0 Å². The first-order chi connectivity index (χ1) is 12.0. The number of fused-ring (bicyclic) bond motifs is 2. The second-order valence-corrected chi connectivity index (χ2v) is 7.81. The summed E-state index contributed by atoms with van der Waals surface area (Å²) in [6, 6.07) is 13.1. The number of ether oxygens (including phenoxy) is 1. The fourth-order valence-electron chi connectivity index (χ4n) is 3.45. The van der Waals surface area contributed by atoms with Crippen LogP contribution in [0.4, 0.5) is 11.4 Å². The van der Waals surface area contributed by atoms with Gasteiger partial charge >= 0.3 is 0 Å². The zero-order valence-corrected chi connectivity index (χ0v) is 15.0. The average Bonchev–Trinajstić information content (AvgIpc) is 3.03. The molecular weight excluding hydrogens is 336 g/mol. The van der Waals surface area contributed by atoms with Gasteiger partial charge in [-0.1, -0.05) is 17.7 Å². The van der Waals surface area contributed by atoms with Crippen LogP contribution < -0.4 is 15.0 Å². The van der Waals surface area contributed by atoms with Gasteiger partial charge in [0, 0.05) is 16.9 Å². The summed E-state index contributed by atoms with van der Waals surface area (Å²) in [6.45, 7) is 3.83. The number of carbonyl (C=O) groups is 2. The molecule has 2 aromatic rings. The van der Waals surface area contributed by atoms with E-state index < -0.39 is 4.87 Å². The van der Waals surface area contributed by atoms with Crippen molar-refractivity contribution in [2.75, 3.05) is 17.3 Å². The zero-order valence-electron chi connectivity index (χ0n) is 14.2. The van der Waals surface area contributed by atoms with Gasteiger partial charge < -0.3 is 10.1 Å². The van der Waals surface area contributed by atoms with E-state index in [1.54, 1.807) is 24.1 Å². The lowest BCUT2D eigenvalue weighted by atomic mass is 10.0. The molecule has 5 nitrogen and oxygen atoms in total. The van der Waals surface area contributed by atoms with Crippen molar-refractivity contribution < 1.29 is 14.3 Å². The standard InChI is InChI=1S/C19H18N2O3S/c1-11-4-9-16-15(10-11)19(18(23)20-16)21(17(22)12(2)25-19)13-5-7-14(24-3)8-6-13/h4-10,12H,1-3H3,(H,20,23). The van der Waals surface area contributed by atoms with Crippen LogP contribution in [0.5, 0.6) is 5.75 Å². The Hall–Kier alpha value is -2.47. The molecule has 4 rings (SSSR count). The molecule has 0 aliphatic carbocycles. The van der Waals surface area contributed by atoms with Crippen molar-refractivity contribution in [2.24, 2.45) is 0 Å². The van der Waals surface area contributed by atoms with Gasteiger partial charge in [-0.3, -0.25) is 14.5 Å². The molecule has 2 aliphatic heterocycles. The van der Waals surface area contributed by atoms with E-state index in [0.29, 0.717) is 11.4 Å². The number of carbonyl (C=O) groups excluding carboxylic acids is 2. The summed E-state index contributed by atoms with van der Waals surface area (Å²) >= 11 is 1.39. The van der Waals surface area contributed by atoms with Crippen LogP contribution in [0.3, 0.4) is 0 Å². The van der Waals surface area contributed by atoms with Crippen molar-refractivity contribution in [2.45, 2.75) is 24.0 Å². The Bertz CT molecular complexity index is 881. The summed E-state index contributed by atoms with van der Waals surface area (Å²) in [6.07, 6.45) is 0. The molecule has 1 spiro atoms. The number of amides is 2. The van der Waals surface area contributed by atoms with E-state index in [1.165, 1.54) is 11.8 Å². The minimum atomic E-state index is -1.06. The van der Waals surface area contributed by atoms with Crippen LogP contribution in [0.15, 0.2) is 42.5 Å². The quantitative estimate of drug-likeness (QED) is 0.899. The fourth-order valence-corrected chi connectivity index (χ4v) is 4.92. The number of nitrogens with one attached hydrogen (secondary N) is 1. The van der Waals surface area contributed by atoms with Crippen LogP contribution in [0, 0.1) is 6.92 Å². The maximum atomic E-state index is 13.0. The number of methoxy groups -OCH3 is 1. The van der Waals surface area contributed by atoms with Gasteiger partial charge in [-0.05, 0) is 44.2 Å². The fraction of sp³-hybridized carbons (Fsp3) is 0.263. The van der Waals surface area contributed by atoms with E-state index >= 15 is 0 Å². The van der Waals surface area contributed by atoms with Crippen LogP contribution >= 0.6 is 11.8 Å². The molecule has 0 radical (unpaired) electrons. The first-order valence-corrected chi connectivity index (χ1v) is 8.94. The third kappa shape index (κ3) is 2.17. The molecule has 0 aromatic heterocycles. The Kier molecular flexibility index (Phi) is 3.54. The molecule has 128 valence electrons. The van der Waals surface area contributed by atoms with Gasteiger partial charge in [0.15, 0.2) is 0 Å². The molecule has 2 heterocycles. The second kappa shape index (κ2) is 5.52. The zero-order chi connectivity index (χ0) is 17.8. The molecule has 2 aliphatic rings. The summed E-state index contributed by atoms with van der Waals surface area (Å²) in [5, 5.41) is 2.64. The maximum Gasteiger partial charge on any atom is 0.266 e. The summed E-state index contributed by atoms with van der Waals surface area (Å²) in [4.78, 5) is 26.5. The Morgan fingerprint density at radius 1 is 1.16 bits per heavy atom. The maximum absolute atomic E-state index is 13.0. The lowest BCUT2D eigenvalue weighted by Gasteiger charge is -2.32. The highest BCUT2D eigenvalue weighted by atomic mass is 32.2. The van der Waals surface area contributed by atoms with E-state index in [4.69, 9.17) is 4.74 Å². The number of benzene rings is 2. The van der Waals surface area contributed by atoms with Gasteiger partial charge in [0.1, 0.15) is 5.75 Å². The van der Waals surface area contributed by atoms with Crippen LogP contribution in [-0.2, 0) is 14.5 Å². The number of anilines is 2. The van der Waals surface area contributed by atoms with Crippen molar-refractivity contribution >= 4 is 35.0 Å². The molecule has 25 heavy (non-hydrogen) atoms. The van der Waals surface area contributed by atoms with Gasteiger partial charge in [-0.15, -0.1) is 11.8 Å². The van der Waals surface area contributed by atoms with Crippen molar-refractivity contribution in [1.29, 1.82) is 0 Å². The first kappa shape index (κ1) is 16.0. The highest BCUT2D eigenvalue weighted by molar-refractivity contribution is 8.03. The van der Waals surface area contributed by atoms with Gasteiger partial charge in [0.2, 0.25) is 10.8 Å². The van der Waals surface area contributed by atoms with Gasteiger partial charge in [0.05, 0.1) is 12.4 Å².